The van der Waals surface area contributed by atoms with Gasteiger partial charge in [-0.1, -0.05) is 12.1 Å². The fourth-order valence-corrected chi connectivity index (χ4v) is 2.66. The van der Waals surface area contributed by atoms with Crippen LogP contribution in [0.3, 0.4) is 0 Å². The Labute approximate surface area is 149 Å². The van der Waals surface area contributed by atoms with E-state index in [1.807, 2.05) is 38.1 Å². The molecule has 1 aliphatic rings. The van der Waals surface area contributed by atoms with Crippen LogP contribution in [0.15, 0.2) is 24.3 Å². The number of morpholine rings is 1. The maximum Gasteiger partial charge on any atom is 0.244 e. The van der Waals surface area contributed by atoms with Crippen molar-refractivity contribution < 1.29 is 14.3 Å². The maximum atomic E-state index is 12.4. The predicted octanol–water partition coefficient (Wildman–Crippen LogP) is 1.79. The molecule has 2 N–H and O–H groups in total. The molecular weight excluding hydrogens is 330 g/mol. The third-order valence-electron chi connectivity index (χ3n) is 3.99. The third-order valence-corrected chi connectivity index (χ3v) is 3.99. The summed E-state index contributed by atoms with van der Waals surface area (Å²) >= 11 is 0. The zero-order valence-electron chi connectivity index (χ0n) is 14.4. The van der Waals surface area contributed by atoms with E-state index in [2.05, 4.69) is 10.6 Å². The molecule has 0 spiro atoms. The number of halogens is 1. The van der Waals surface area contributed by atoms with Crippen LogP contribution >= 0.6 is 12.4 Å². The monoisotopic (exact) mass is 355 g/mol. The number of benzene rings is 1. The Hall–Kier alpha value is -1.63. The number of hydrogen-bond donors (Lipinski definition) is 2. The van der Waals surface area contributed by atoms with Gasteiger partial charge in [0.1, 0.15) is 6.04 Å². The van der Waals surface area contributed by atoms with E-state index in [0.29, 0.717) is 26.2 Å². The number of carbonyl (C=O) groups is 2. The van der Waals surface area contributed by atoms with Crippen molar-refractivity contribution in [2.45, 2.75) is 39.5 Å². The van der Waals surface area contributed by atoms with E-state index in [1.165, 1.54) is 0 Å². The minimum atomic E-state index is -0.350. The lowest BCUT2D eigenvalue weighted by Crippen LogP contribution is -2.53. The fraction of sp³-hybridized carbons (Fsp3) is 0.529. The maximum absolute atomic E-state index is 12.4. The van der Waals surface area contributed by atoms with Crippen molar-refractivity contribution in [1.82, 2.24) is 10.2 Å². The van der Waals surface area contributed by atoms with Crippen molar-refractivity contribution in [3.63, 3.8) is 0 Å². The van der Waals surface area contributed by atoms with Gasteiger partial charge in [0.25, 0.3) is 0 Å². The van der Waals surface area contributed by atoms with Gasteiger partial charge in [0.15, 0.2) is 0 Å². The molecule has 2 atom stereocenters. The number of amides is 2. The molecule has 1 fully saturated rings. The molecule has 2 rings (SSSR count). The normalized spacial score (nSPS) is 20.0. The molecule has 2 amide bonds. The van der Waals surface area contributed by atoms with Gasteiger partial charge in [0.05, 0.1) is 12.7 Å². The molecule has 1 aliphatic heterocycles. The minimum absolute atomic E-state index is 0. The summed E-state index contributed by atoms with van der Waals surface area (Å²) in [4.78, 5) is 25.6. The molecular formula is C17H26ClN3O3. The van der Waals surface area contributed by atoms with E-state index in [1.54, 1.807) is 11.8 Å². The summed E-state index contributed by atoms with van der Waals surface area (Å²) in [6.07, 6.45) is -0.153. The first kappa shape index (κ1) is 20.4. The van der Waals surface area contributed by atoms with Crippen LogP contribution in [0.1, 0.15) is 26.3 Å². The van der Waals surface area contributed by atoms with Gasteiger partial charge >= 0.3 is 0 Å². The Balaban J connectivity index is 0.00000288. The number of ether oxygens (including phenoxy) is 1. The lowest BCUT2D eigenvalue weighted by Gasteiger charge is -2.29. The molecule has 1 aromatic carbocycles. The Morgan fingerprint density at radius 2 is 2.17 bits per heavy atom. The lowest BCUT2D eigenvalue weighted by molar-refractivity contribution is -0.129. The summed E-state index contributed by atoms with van der Waals surface area (Å²) in [5.41, 5.74) is 1.72. The van der Waals surface area contributed by atoms with Gasteiger partial charge < -0.3 is 20.3 Å². The first-order chi connectivity index (χ1) is 11.0. The predicted molar refractivity (Wildman–Crippen MR) is 96.3 cm³/mol. The van der Waals surface area contributed by atoms with Crippen molar-refractivity contribution in [1.29, 1.82) is 0 Å². The molecule has 6 nitrogen and oxygen atoms in total. The molecule has 0 unspecified atom stereocenters. The molecule has 0 radical (unpaired) electrons. The highest BCUT2D eigenvalue weighted by molar-refractivity contribution is 5.95. The van der Waals surface area contributed by atoms with Crippen molar-refractivity contribution >= 4 is 29.9 Å². The zero-order valence-corrected chi connectivity index (χ0v) is 15.2. The number of carbonyl (C=O) groups excluding carboxylic acids is 2. The Kier molecular flexibility index (Phi) is 8.18. The van der Waals surface area contributed by atoms with E-state index in [9.17, 15) is 9.59 Å². The van der Waals surface area contributed by atoms with Crippen LogP contribution in [0.25, 0.3) is 0 Å². The molecule has 0 aromatic heterocycles. The van der Waals surface area contributed by atoms with E-state index >= 15 is 0 Å². The van der Waals surface area contributed by atoms with Gasteiger partial charge in [-0.05, 0) is 31.5 Å². The van der Waals surface area contributed by atoms with E-state index in [0.717, 1.165) is 11.3 Å². The van der Waals surface area contributed by atoms with Crippen molar-refractivity contribution in [3.05, 3.63) is 29.8 Å². The average Bonchev–Trinajstić information content (AvgIpc) is 2.53. The first-order valence-corrected chi connectivity index (χ1v) is 8.01. The highest BCUT2D eigenvalue weighted by atomic mass is 35.5. The van der Waals surface area contributed by atoms with Gasteiger partial charge in [-0.2, -0.15) is 0 Å². The molecule has 0 bridgehead atoms. The van der Waals surface area contributed by atoms with Crippen LogP contribution in [0.2, 0.25) is 0 Å². The largest absolute Gasteiger partial charge is 0.375 e. The van der Waals surface area contributed by atoms with Crippen molar-refractivity contribution in [3.8, 4) is 0 Å². The van der Waals surface area contributed by atoms with Gasteiger partial charge in [-0.15, -0.1) is 12.4 Å². The molecule has 134 valence electrons. The van der Waals surface area contributed by atoms with Crippen LogP contribution in [0.5, 0.6) is 0 Å². The first-order valence-electron chi connectivity index (χ1n) is 8.01. The van der Waals surface area contributed by atoms with E-state index in [-0.39, 0.29) is 36.4 Å². The van der Waals surface area contributed by atoms with Crippen molar-refractivity contribution in [2.24, 2.45) is 0 Å². The second-order valence-electron chi connectivity index (χ2n) is 5.73. The molecule has 24 heavy (non-hydrogen) atoms. The zero-order chi connectivity index (χ0) is 16.8. The van der Waals surface area contributed by atoms with Crippen molar-refractivity contribution in [2.75, 3.05) is 25.0 Å². The van der Waals surface area contributed by atoms with Gasteiger partial charge in [0.2, 0.25) is 11.8 Å². The highest BCUT2D eigenvalue weighted by Gasteiger charge is 2.28. The van der Waals surface area contributed by atoms with Crippen LogP contribution in [-0.4, -0.2) is 48.6 Å². The topological polar surface area (TPSA) is 70.7 Å². The number of anilines is 1. The van der Waals surface area contributed by atoms with Crippen LogP contribution < -0.4 is 10.6 Å². The number of nitrogens with one attached hydrogen (secondary N) is 2. The summed E-state index contributed by atoms with van der Waals surface area (Å²) in [5.74, 6) is -0.0624. The Bertz CT molecular complexity index is 568. The van der Waals surface area contributed by atoms with Gasteiger partial charge in [0, 0.05) is 32.2 Å². The highest BCUT2D eigenvalue weighted by Crippen LogP contribution is 2.14. The Morgan fingerprint density at radius 3 is 2.79 bits per heavy atom. The molecule has 1 heterocycles. The minimum Gasteiger partial charge on any atom is -0.375 e. The standard InChI is InChI=1S/C17H25N3O3.ClH/c1-4-20(13(3)21)11-14-6-5-7-15(10-14)19-17(22)16-12(2)23-9-8-18-16;/h5-7,10,12,16,18H,4,8-9,11H2,1-3H3,(H,19,22);1H/t12-,16+;/m1./s1. The number of rotatable bonds is 5. The Morgan fingerprint density at radius 1 is 1.42 bits per heavy atom. The quantitative estimate of drug-likeness (QED) is 0.844. The summed E-state index contributed by atoms with van der Waals surface area (Å²) < 4.78 is 5.50. The molecule has 1 aromatic rings. The lowest BCUT2D eigenvalue weighted by atomic mass is 10.1. The molecule has 0 aliphatic carbocycles. The van der Waals surface area contributed by atoms with E-state index in [4.69, 9.17) is 4.74 Å². The second-order valence-corrected chi connectivity index (χ2v) is 5.73. The van der Waals surface area contributed by atoms with Crippen LogP contribution in [0, 0.1) is 0 Å². The SMILES string of the molecule is CCN(Cc1cccc(NC(=O)[C@H]2NCCO[C@@H]2C)c1)C(C)=O.Cl. The number of hydrogen-bond acceptors (Lipinski definition) is 4. The average molecular weight is 356 g/mol. The summed E-state index contributed by atoms with van der Waals surface area (Å²) in [6.45, 7) is 7.89. The summed E-state index contributed by atoms with van der Waals surface area (Å²) in [7, 11) is 0. The smallest absolute Gasteiger partial charge is 0.244 e. The summed E-state index contributed by atoms with van der Waals surface area (Å²) in [5, 5.41) is 6.09. The summed E-state index contributed by atoms with van der Waals surface area (Å²) in [6, 6.07) is 7.23. The van der Waals surface area contributed by atoms with Gasteiger partial charge in [-0.3, -0.25) is 9.59 Å². The van der Waals surface area contributed by atoms with Crippen LogP contribution in [-0.2, 0) is 20.9 Å². The van der Waals surface area contributed by atoms with E-state index < -0.39 is 0 Å². The molecule has 7 heteroatoms. The third kappa shape index (κ3) is 5.47. The molecule has 0 saturated carbocycles. The fourth-order valence-electron chi connectivity index (χ4n) is 2.66. The van der Waals surface area contributed by atoms with Gasteiger partial charge in [-0.25, -0.2) is 0 Å². The second kappa shape index (κ2) is 9.61. The number of nitrogens with zero attached hydrogens (tertiary/aromatic N) is 1. The van der Waals surface area contributed by atoms with Crippen LogP contribution in [0.4, 0.5) is 5.69 Å². The molecule has 1 saturated heterocycles.